The average Bonchev–Trinajstić information content (AvgIpc) is 2.90. The van der Waals surface area contributed by atoms with Crippen molar-refractivity contribution in [1.82, 2.24) is 0 Å². The summed E-state index contributed by atoms with van der Waals surface area (Å²) in [4.78, 5) is 25.8. The first-order chi connectivity index (χ1) is 9.95. The van der Waals surface area contributed by atoms with Gasteiger partial charge in [-0.3, -0.25) is 9.59 Å². The molecule has 4 nitrogen and oxygen atoms in total. The zero-order valence-electron chi connectivity index (χ0n) is 12.9. The van der Waals surface area contributed by atoms with E-state index in [-0.39, 0.29) is 5.91 Å². The maximum atomic E-state index is 12.7. The summed E-state index contributed by atoms with van der Waals surface area (Å²) in [6.45, 7) is 4.01. The van der Waals surface area contributed by atoms with Crippen molar-refractivity contribution >= 4 is 17.6 Å². The fourth-order valence-electron chi connectivity index (χ4n) is 3.33. The highest BCUT2D eigenvalue weighted by Crippen LogP contribution is 2.40. The van der Waals surface area contributed by atoms with Gasteiger partial charge >= 0.3 is 5.97 Å². The van der Waals surface area contributed by atoms with E-state index in [2.05, 4.69) is 6.92 Å². The van der Waals surface area contributed by atoms with E-state index in [0.29, 0.717) is 18.8 Å². The fourth-order valence-corrected chi connectivity index (χ4v) is 3.33. The number of carboxylic acid groups (broad SMARTS) is 1. The van der Waals surface area contributed by atoms with Gasteiger partial charge in [0, 0.05) is 12.7 Å². The van der Waals surface area contributed by atoms with E-state index in [1.165, 1.54) is 0 Å². The van der Waals surface area contributed by atoms with E-state index in [0.717, 1.165) is 17.7 Å². The molecule has 1 aromatic carbocycles. The number of anilines is 1. The van der Waals surface area contributed by atoms with Crippen LogP contribution in [0.2, 0.25) is 0 Å². The molecule has 1 N–H and O–H groups in total. The molecule has 0 aromatic heterocycles. The van der Waals surface area contributed by atoms with Crippen molar-refractivity contribution in [3.05, 3.63) is 29.8 Å². The fraction of sp³-hybridized carbons (Fsp3) is 0.529. The Morgan fingerprint density at radius 1 is 1.24 bits per heavy atom. The number of amides is 1. The molecule has 4 heteroatoms. The van der Waals surface area contributed by atoms with E-state index in [4.69, 9.17) is 0 Å². The molecular weight excluding hydrogens is 266 g/mol. The van der Waals surface area contributed by atoms with Crippen LogP contribution in [0.15, 0.2) is 24.3 Å². The Labute approximate surface area is 125 Å². The number of nitrogens with zero attached hydrogens (tertiary/aromatic N) is 1. The Morgan fingerprint density at radius 2 is 1.86 bits per heavy atom. The van der Waals surface area contributed by atoms with Gasteiger partial charge in [0.15, 0.2) is 0 Å². The van der Waals surface area contributed by atoms with Crippen LogP contribution in [0.5, 0.6) is 0 Å². The first-order valence-electron chi connectivity index (χ1n) is 7.51. The van der Waals surface area contributed by atoms with Gasteiger partial charge in [0.2, 0.25) is 5.91 Å². The van der Waals surface area contributed by atoms with Crippen molar-refractivity contribution in [2.45, 2.75) is 33.1 Å². The highest BCUT2D eigenvalue weighted by Gasteiger charge is 2.43. The van der Waals surface area contributed by atoms with Gasteiger partial charge in [0.25, 0.3) is 0 Å². The van der Waals surface area contributed by atoms with Gasteiger partial charge in [-0.1, -0.05) is 31.5 Å². The molecule has 21 heavy (non-hydrogen) atoms. The third-order valence-electron chi connectivity index (χ3n) is 4.68. The molecule has 1 aliphatic carbocycles. The van der Waals surface area contributed by atoms with Gasteiger partial charge in [-0.25, -0.2) is 0 Å². The second kappa shape index (κ2) is 6.29. The molecule has 114 valence electrons. The maximum Gasteiger partial charge on any atom is 0.307 e. The van der Waals surface area contributed by atoms with Crippen LogP contribution in [0, 0.1) is 24.7 Å². The molecule has 1 fully saturated rings. The summed E-state index contributed by atoms with van der Waals surface area (Å²) in [5, 5.41) is 9.38. The lowest BCUT2D eigenvalue weighted by molar-refractivity contribution is -0.145. The molecule has 1 aromatic rings. The minimum Gasteiger partial charge on any atom is -0.481 e. The summed E-state index contributed by atoms with van der Waals surface area (Å²) in [6.07, 6.45) is 2.23. The summed E-state index contributed by atoms with van der Waals surface area (Å²) in [5.74, 6) is -1.54. The smallest absolute Gasteiger partial charge is 0.307 e. The number of hydrogen-bond donors (Lipinski definition) is 1. The van der Waals surface area contributed by atoms with E-state index in [1.54, 1.807) is 11.9 Å². The Bertz CT molecular complexity index is 541. The Morgan fingerprint density at radius 3 is 2.43 bits per heavy atom. The summed E-state index contributed by atoms with van der Waals surface area (Å²) in [5.41, 5.74) is 1.87. The standard InChI is InChI=1S/C17H23NO3/c1-4-12-9-13(14(10-12)17(20)21)16(19)18(3)15-8-6-5-7-11(15)2/h5-8,12-14H,4,9-10H2,1-3H3,(H,20,21). The monoisotopic (exact) mass is 289 g/mol. The first-order valence-corrected chi connectivity index (χ1v) is 7.51. The Kier molecular flexibility index (Phi) is 4.66. The SMILES string of the molecule is CCC1CC(C(=O)O)C(C(=O)N(C)c2ccccc2C)C1. The highest BCUT2D eigenvalue weighted by atomic mass is 16.4. The van der Waals surface area contributed by atoms with Gasteiger partial charge in [0.05, 0.1) is 11.8 Å². The van der Waals surface area contributed by atoms with Crippen molar-refractivity contribution < 1.29 is 14.7 Å². The van der Waals surface area contributed by atoms with Crippen LogP contribution in [-0.2, 0) is 9.59 Å². The zero-order chi connectivity index (χ0) is 15.6. The molecule has 0 saturated heterocycles. The highest BCUT2D eigenvalue weighted by molar-refractivity contribution is 5.97. The molecular formula is C17H23NO3. The maximum absolute atomic E-state index is 12.7. The largest absolute Gasteiger partial charge is 0.481 e. The lowest BCUT2D eigenvalue weighted by Crippen LogP contribution is -2.37. The van der Waals surface area contributed by atoms with Gasteiger partial charge in [-0.2, -0.15) is 0 Å². The number of carbonyl (C=O) groups is 2. The van der Waals surface area contributed by atoms with Gasteiger partial charge < -0.3 is 10.0 Å². The third-order valence-corrected chi connectivity index (χ3v) is 4.68. The number of rotatable bonds is 4. The van der Waals surface area contributed by atoms with Gasteiger partial charge in [-0.15, -0.1) is 0 Å². The summed E-state index contributed by atoms with van der Waals surface area (Å²) in [6, 6.07) is 7.68. The first kappa shape index (κ1) is 15.5. The number of aryl methyl sites for hydroxylation is 1. The van der Waals surface area contributed by atoms with Crippen LogP contribution in [0.4, 0.5) is 5.69 Å². The molecule has 0 heterocycles. The second-order valence-corrected chi connectivity index (χ2v) is 5.98. The molecule has 1 aliphatic rings. The number of carboxylic acids is 1. The zero-order valence-corrected chi connectivity index (χ0v) is 12.9. The van der Waals surface area contributed by atoms with Gasteiger partial charge in [0.1, 0.15) is 0 Å². The normalized spacial score (nSPS) is 24.8. The number of carbonyl (C=O) groups excluding carboxylic acids is 1. The number of hydrogen-bond acceptors (Lipinski definition) is 2. The van der Waals surface area contributed by atoms with Crippen molar-refractivity contribution in [3.8, 4) is 0 Å². The molecule has 1 amide bonds. The van der Waals surface area contributed by atoms with Gasteiger partial charge in [-0.05, 0) is 37.3 Å². The van der Waals surface area contributed by atoms with Crippen molar-refractivity contribution in [1.29, 1.82) is 0 Å². The lowest BCUT2D eigenvalue weighted by atomic mass is 9.94. The van der Waals surface area contributed by atoms with E-state index in [9.17, 15) is 14.7 Å². The average molecular weight is 289 g/mol. The van der Waals surface area contributed by atoms with Crippen LogP contribution >= 0.6 is 0 Å². The second-order valence-electron chi connectivity index (χ2n) is 5.98. The number of aliphatic carboxylic acids is 1. The van der Waals surface area contributed by atoms with Crippen LogP contribution in [0.1, 0.15) is 31.7 Å². The Hall–Kier alpha value is -1.84. The van der Waals surface area contributed by atoms with Crippen LogP contribution in [0.3, 0.4) is 0 Å². The Balaban J connectivity index is 2.22. The molecule has 2 rings (SSSR count). The minimum absolute atomic E-state index is 0.0762. The molecule has 3 atom stereocenters. The molecule has 0 radical (unpaired) electrons. The number of para-hydroxylation sites is 1. The molecule has 0 aliphatic heterocycles. The predicted molar refractivity (Wildman–Crippen MR) is 82.2 cm³/mol. The van der Waals surface area contributed by atoms with Crippen molar-refractivity contribution in [2.24, 2.45) is 17.8 Å². The summed E-state index contributed by atoms with van der Waals surface area (Å²) >= 11 is 0. The summed E-state index contributed by atoms with van der Waals surface area (Å²) in [7, 11) is 1.74. The van der Waals surface area contributed by atoms with Crippen LogP contribution in [-0.4, -0.2) is 24.0 Å². The van der Waals surface area contributed by atoms with E-state index in [1.807, 2.05) is 31.2 Å². The predicted octanol–water partition coefficient (Wildman–Crippen LogP) is 3.09. The lowest BCUT2D eigenvalue weighted by Gasteiger charge is -2.25. The van der Waals surface area contributed by atoms with E-state index < -0.39 is 17.8 Å². The van der Waals surface area contributed by atoms with Crippen LogP contribution < -0.4 is 4.90 Å². The molecule has 0 bridgehead atoms. The molecule has 1 saturated carbocycles. The number of benzene rings is 1. The molecule has 3 unspecified atom stereocenters. The topological polar surface area (TPSA) is 57.6 Å². The quantitative estimate of drug-likeness (QED) is 0.926. The summed E-state index contributed by atoms with van der Waals surface area (Å²) < 4.78 is 0. The molecule has 0 spiro atoms. The third kappa shape index (κ3) is 3.09. The van der Waals surface area contributed by atoms with Crippen LogP contribution in [0.25, 0.3) is 0 Å². The van der Waals surface area contributed by atoms with Crippen molar-refractivity contribution in [2.75, 3.05) is 11.9 Å². The van der Waals surface area contributed by atoms with E-state index >= 15 is 0 Å². The van der Waals surface area contributed by atoms with Crippen molar-refractivity contribution in [3.63, 3.8) is 0 Å². The minimum atomic E-state index is -0.845.